The molecule has 12 heteroatoms. The van der Waals surface area contributed by atoms with Crippen LogP contribution in [0.15, 0.2) is 41.3 Å². The number of carbonyl (C=O) groups is 3. The molecule has 0 bridgehead atoms. The van der Waals surface area contributed by atoms with Gasteiger partial charge in [0.25, 0.3) is 0 Å². The lowest BCUT2D eigenvalue weighted by Gasteiger charge is -2.35. The van der Waals surface area contributed by atoms with E-state index in [0.717, 1.165) is 49.7 Å². The van der Waals surface area contributed by atoms with Gasteiger partial charge in [-0.2, -0.15) is 4.72 Å². The molecule has 2 aromatic rings. The summed E-state index contributed by atoms with van der Waals surface area (Å²) in [5.41, 5.74) is 0. The molecule has 3 aliphatic rings. The van der Waals surface area contributed by atoms with E-state index in [9.17, 15) is 22.8 Å². The quantitative estimate of drug-likeness (QED) is 0.456. The van der Waals surface area contributed by atoms with Crippen LogP contribution >= 0.6 is 11.6 Å². The Morgan fingerprint density at radius 1 is 1.02 bits per heavy atom. The number of rotatable bonds is 9. The van der Waals surface area contributed by atoms with Gasteiger partial charge in [-0.25, -0.2) is 8.42 Å². The number of likely N-dealkylation sites (N-methyl/N-ethyl adjacent to an activating group) is 1. The van der Waals surface area contributed by atoms with Gasteiger partial charge in [0.1, 0.15) is 6.04 Å². The van der Waals surface area contributed by atoms with Gasteiger partial charge in [-0.3, -0.25) is 19.3 Å². The van der Waals surface area contributed by atoms with Gasteiger partial charge in [0.2, 0.25) is 27.7 Å². The maximum absolute atomic E-state index is 13.5. The summed E-state index contributed by atoms with van der Waals surface area (Å²) in [7, 11) is -2.08. The lowest BCUT2D eigenvalue weighted by atomic mass is 10.1. The number of likely N-dealkylation sites (tertiary alicyclic amines) is 3. The van der Waals surface area contributed by atoms with Crippen molar-refractivity contribution in [2.24, 2.45) is 5.92 Å². The van der Waals surface area contributed by atoms with Gasteiger partial charge in [0.15, 0.2) is 0 Å². The third-order valence-electron chi connectivity index (χ3n) is 9.04. The first-order chi connectivity index (χ1) is 20.4. The fourth-order valence-corrected chi connectivity index (χ4v) is 8.05. The summed E-state index contributed by atoms with van der Waals surface area (Å²) in [5.74, 6) is -0.353. The summed E-state index contributed by atoms with van der Waals surface area (Å²) in [6.07, 6.45) is 3.71. The van der Waals surface area contributed by atoms with E-state index in [4.69, 9.17) is 11.6 Å². The van der Waals surface area contributed by atoms with Crippen LogP contribution in [0.3, 0.4) is 0 Å². The first-order valence-electron chi connectivity index (χ1n) is 15.2. The summed E-state index contributed by atoms with van der Waals surface area (Å²) in [6, 6.07) is 9.32. The minimum Gasteiger partial charge on any atom is -0.341 e. The average molecular weight is 632 g/mol. The van der Waals surface area contributed by atoms with Gasteiger partial charge in [0, 0.05) is 62.8 Å². The molecule has 1 N–H and O–H groups in total. The lowest BCUT2D eigenvalue weighted by molar-refractivity contribution is -0.143. The van der Waals surface area contributed by atoms with E-state index >= 15 is 0 Å². The van der Waals surface area contributed by atoms with Gasteiger partial charge in [-0.1, -0.05) is 37.6 Å². The summed E-state index contributed by atoms with van der Waals surface area (Å²) < 4.78 is 29.0. The fourth-order valence-electron chi connectivity index (χ4n) is 6.61. The lowest BCUT2D eigenvalue weighted by Crippen LogP contribution is -2.55. The summed E-state index contributed by atoms with van der Waals surface area (Å²) >= 11 is 6.05. The van der Waals surface area contributed by atoms with Crippen LogP contribution in [0.4, 0.5) is 0 Å². The second-order valence-electron chi connectivity index (χ2n) is 12.4. The normalized spacial score (nSPS) is 23.5. The zero-order valence-electron chi connectivity index (χ0n) is 25.2. The molecule has 5 rings (SSSR count). The molecule has 234 valence electrons. The number of sulfonamides is 1. The minimum atomic E-state index is -3.96. The molecule has 0 spiro atoms. The molecule has 3 unspecified atom stereocenters. The molecular weight excluding hydrogens is 590 g/mol. The van der Waals surface area contributed by atoms with Crippen LogP contribution < -0.4 is 4.72 Å². The highest BCUT2D eigenvalue weighted by Gasteiger charge is 2.38. The number of hydrogen-bond donors (Lipinski definition) is 1. The molecule has 3 atom stereocenters. The number of benzene rings is 2. The molecule has 43 heavy (non-hydrogen) atoms. The van der Waals surface area contributed by atoms with Gasteiger partial charge in [-0.05, 0) is 67.1 Å². The maximum atomic E-state index is 13.5. The van der Waals surface area contributed by atoms with Crippen molar-refractivity contribution in [3.05, 3.63) is 41.4 Å². The molecule has 10 nitrogen and oxygen atoms in total. The second-order valence-corrected chi connectivity index (χ2v) is 14.6. The van der Waals surface area contributed by atoms with E-state index in [-0.39, 0.29) is 47.2 Å². The molecule has 0 aromatic heterocycles. The van der Waals surface area contributed by atoms with Crippen LogP contribution in [-0.2, 0) is 24.4 Å². The summed E-state index contributed by atoms with van der Waals surface area (Å²) in [6.45, 7) is 7.28. The Bertz CT molecular complexity index is 1480. The number of hydrogen-bond acceptors (Lipinski definition) is 6. The molecule has 2 aromatic carbocycles. The van der Waals surface area contributed by atoms with Crippen LogP contribution in [0.5, 0.6) is 0 Å². The molecule has 3 heterocycles. The Hall–Kier alpha value is -2.73. The Balaban J connectivity index is 1.17. The van der Waals surface area contributed by atoms with E-state index in [0.29, 0.717) is 31.0 Å². The minimum absolute atomic E-state index is 0.0341. The molecule has 0 saturated carbocycles. The van der Waals surface area contributed by atoms with Gasteiger partial charge >= 0.3 is 0 Å². The Morgan fingerprint density at radius 2 is 1.74 bits per heavy atom. The average Bonchev–Trinajstić information content (AvgIpc) is 3.64. The molecular formula is C31H42ClN5O5S. The van der Waals surface area contributed by atoms with E-state index < -0.39 is 16.1 Å². The first kappa shape index (κ1) is 31.7. The Kier molecular flexibility index (Phi) is 9.65. The van der Waals surface area contributed by atoms with E-state index in [2.05, 4.69) is 9.62 Å². The smallest absolute Gasteiger partial charge is 0.242 e. The zero-order valence-corrected chi connectivity index (χ0v) is 26.7. The van der Waals surface area contributed by atoms with Crippen LogP contribution in [0.2, 0.25) is 5.02 Å². The van der Waals surface area contributed by atoms with E-state index in [1.54, 1.807) is 30.3 Å². The van der Waals surface area contributed by atoms with Crippen molar-refractivity contribution in [3.8, 4) is 0 Å². The van der Waals surface area contributed by atoms with E-state index in [1.807, 2.05) is 30.7 Å². The van der Waals surface area contributed by atoms with Crippen LogP contribution in [0.1, 0.15) is 46.0 Å². The molecule has 0 radical (unpaired) electrons. The Morgan fingerprint density at radius 3 is 2.51 bits per heavy atom. The van der Waals surface area contributed by atoms with Crippen LogP contribution in [0.25, 0.3) is 10.8 Å². The molecule has 3 fully saturated rings. The molecule has 0 aliphatic carbocycles. The van der Waals surface area contributed by atoms with E-state index in [1.165, 1.54) is 11.0 Å². The van der Waals surface area contributed by atoms with Crippen molar-refractivity contribution in [2.45, 2.75) is 69.0 Å². The monoisotopic (exact) mass is 631 g/mol. The summed E-state index contributed by atoms with van der Waals surface area (Å²) in [4.78, 5) is 46.9. The predicted octanol–water partition coefficient (Wildman–Crippen LogP) is 2.94. The van der Waals surface area contributed by atoms with Crippen molar-refractivity contribution < 1.29 is 22.8 Å². The van der Waals surface area contributed by atoms with Crippen LogP contribution in [-0.4, -0.2) is 110 Å². The Labute approximate surface area is 259 Å². The van der Waals surface area contributed by atoms with Crippen molar-refractivity contribution in [3.63, 3.8) is 0 Å². The number of amides is 3. The maximum Gasteiger partial charge on any atom is 0.242 e. The van der Waals surface area contributed by atoms with Crippen molar-refractivity contribution in [1.82, 2.24) is 24.3 Å². The van der Waals surface area contributed by atoms with Gasteiger partial charge in [0.05, 0.1) is 11.4 Å². The third kappa shape index (κ3) is 7.16. The number of nitrogens with zero attached hydrogens (tertiary/aromatic N) is 4. The summed E-state index contributed by atoms with van der Waals surface area (Å²) in [5, 5.41) is 2.12. The van der Waals surface area contributed by atoms with Gasteiger partial charge in [-0.15, -0.1) is 0 Å². The SMILES string of the molecule is CC(C)C(=O)N(C)C1CCN(CC2CCCN2C(=O)CN2CCCC(NS(=O)(=O)c3ccc4cc(Cl)ccc4c3)C2=O)C1. The topological polar surface area (TPSA) is 110 Å². The number of halogens is 1. The molecule has 3 saturated heterocycles. The van der Waals surface area contributed by atoms with Gasteiger partial charge < -0.3 is 14.7 Å². The fraction of sp³-hybridized carbons (Fsp3) is 0.581. The number of piperidine rings is 1. The number of carbonyl (C=O) groups excluding carboxylic acids is 3. The number of fused-ring (bicyclic) bond motifs is 1. The standard InChI is InChI=1S/C31H42ClN5O5S/c1-21(2)30(39)34(3)25-12-15-35(18-25)19-26-6-4-14-37(26)29(38)20-36-13-5-7-28(31(36)40)33-43(41,42)27-11-9-22-16-24(32)10-8-23(22)17-27/h8-11,16-17,21,25-26,28,33H,4-7,12-15,18-20H2,1-3H3. The molecule has 3 amide bonds. The van der Waals surface area contributed by atoms with Crippen molar-refractivity contribution in [1.29, 1.82) is 0 Å². The number of nitrogens with one attached hydrogen (secondary N) is 1. The first-order valence-corrected chi connectivity index (χ1v) is 17.1. The highest BCUT2D eigenvalue weighted by molar-refractivity contribution is 7.89. The zero-order chi connectivity index (χ0) is 30.9. The van der Waals surface area contributed by atoms with Crippen molar-refractivity contribution in [2.75, 3.05) is 46.3 Å². The molecule has 3 aliphatic heterocycles. The van der Waals surface area contributed by atoms with Crippen molar-refractivity contribution >= 4 is 50.1 Å². The largest absolute Gasteiger partial charge is 0.341 e. The van der Waals surface area contributed by atoms with Crippen LogP contribution in [0, 0.1) is 5.92 Å². The second kappa shape index (κ2) is 13.1. The third-order valence-corrected chi connectivity index (χ3v) is 10.7. The highest BCUT2D eigenvalue weighted by Crippen LogP contribution is 2.25. The highest BCUT2D eigenvalue weighted by atomic mass is 35.5. The predicted molar refractivity (Wildman–Crippen MR) is 166 cm³/mol.